The summed E-state index contributed by atoms with van der Waals surface area (Å²) >= 11 is 0. The minimum atomic E-state index is -3.42. The maximum atomic E-state index is 16.4. The van der Waals surface area contributed by atoms with Crippen molar-refractivity contribution in [2.45, 2.75) is 89.9 Å². The van der Waals surface area contributed by atoms with Gasteiger partial charge in [0.2, 0.25) is 5.91 Å². The zero-order chi connectivity index (χ0) is 26.3. The summed E-state index contributed by atoms with van der Waals surface area (Å²) in [6.07, 6.45) is 1.95. The first-order valence-electron chi connectivity index (χ1n) is 11.9. The average Bonchev–Trinajstić information content (AvgIpc) is 2.73. The average molecular weight is 495 g/mol. The van der Waals surface area contributed by atoms with Crippen LogP contribution in [0, 0.1) is 0 Å². The number of nitrogens with one attached hydrogen (secondary N) is 2. The van der Waals surface area contributed by atoms with Crippen molar-refractivity contribution in [3.05, 3.63) is 29.8 Å². The van der Waals surface area contributed by atoms with E-state index < -0.39 is 42.4 Å². The summed E-state index contributed by atoms with van der Waals surface area (Å²) < 4.78 is 16.4. The molecule has 2 amide bonds. The molecular formula is C25H43FN4O3Si. The highest BCUT2D eigenvalue weighted by atomic mass is 28.4. The van der Waals surface area contributed by atoms with E-state index in [0.717, 1.165) is 12.8 Å². The van der Waals surface area contributed by atoms with Crippen LogP contribution in [0.3, 0.4) is 0 Å². The van der Waals surface area contributed by atoms with Crippen molar-refractivity contribution in [3.63, 3.8) is 0 Å². The Morgan fingerprint density at radius 1 is 1.00 bits per heavy atom. The summed E-state index contributed by atoms with van der Waals surface area (Å²) in [5.41, 5.74) is 11.7. The fourth-order valence-corrected chi connectivity index (χ4v) is 8.96. The number of ketones is 1. The highest BCUT2D eigenvalue weighted by Gasteiger charge is 2.56. The molecule has 0 aliphatic rings. The second-order valence-corrected chi connectivity index (χ2v) is 15.9. The molecule has 0 unspecified atom stereocenters. The number of carbonyl (C=O) groups excluding carboxylic acids is 3. The number of hydrogen-bond acceptors (Lipinski definition) is 5. The van der Waals surface area contributed by atoms with Gasteiger partial charge in [-0.05, 0) is 53.7 Å². The fourth-order valence-electron chi connectivity index (χ4n) is 4.35. The van der Waals surface area contributed by atoms with Crippen molar-refractivity contribution in [1.29, 1.82) is 0 Å². The van der Waals surface area contributed by atoms with Gasteiger partial charge in [-0.3, -0.25) is 14.4 Å². The van der Waals surface area contributed by atoms with Crippen LogP contribution in [-0.4, -0.2) is 51.2 Å². The number of halogens is 1. The van der Waals surface area contributed by atoms with Crippen molar-refractivity contribution in [2.24, 2.45) is 11.5 Å². The number of amides is 2. The SMILES string of the molecule is CC(=O)[C@@H](CNC(=O)c1ccc([Si](F)(C(C)(C)C)C(C)(C)C)cc1)NC(=O)[C@H](N)CCCCN. The van der Waals surface area contributed by atoms with E-state index in [1.54, 1.807) is 24.3 Å². The number of carbonyl (C=O) groups is 3. The third-order valence-electron chi connectivity index (χ3n) is 6.19. The van der Waals surface area contributed by atoms with Crippen LogP contribution >= 0.6 is 0 Å². The lowest BCUT2D eigenvalue weighted by atomic mass is 10.1. The number of benzene rings is 1. The van der Waals surface area contributed by atoms with Gasteiger partial charge in [0.15, 0.2) is 5.78 Å². The van der Waals surface area contributed by atoms with Gasteiger partial charge in [0.25, 0.3) is 14.3 Å². The first kappa shape index (κ1) is 29.9. The van der Waals surface area contributed by atoms with Crippen LogP contribution in [0.4, 0.5) is 4.11 Å². The Kier molecular flexibility index (Phi) is 10.6. The molecule has 0 aromatic heterocycles. The molecular weight excluding hydrogens is 451 g/mol. The molecule has 34 heavy (non-hydrogen) atoms. The smallest absolute Gasteiger partial charge is 0.288 e. The molecule has 0 aliphatic carbocycles. The molecule has 0 fully saturated rings. The number of unbranched alkanes of at least 4 members (excludes halogenated alkanes) is 1. The van der Waals surface area contributed by atoms with Gasteiger partial charge >= 0.3 is 0 Å². The van der Waals surface area contributed by atoms with E-state index in [0.29, 0.717) is 23.7 Å². The largest absolute Gasteiger partial charge is 0.350 e. The number of Topliss-reactive ketones (excluding diaryl/α,β-unsaturated/α-hetero) is 1. The summed E-state index contributed by atoms with van der Waals surface area (Å²) in [5.74, 6) is -1.14. The van der Waals surface area contributed by atoms with E-state index in [1.165, 1.54) is 6.92 Å². The summed E-state index contributed by atoms with van der Waals surface area (Å²) in [6, 6.07) is 4.98. The van der Waals surface area contributed by atoms with Crippen LogP contribution in [0.15, 0.2) is 24.3 Å². The molecule has 0 bridgehead atoms. The Balaban J connectivity index is 2.87. The normalized spacial score (nSPS) is 14.3. The van der Waals surface area contributed by atoms with Gasteiger partial charge in [0.1, 0.15) is 6.04 Å². The lowest BCUT2D eigenvalue weighted by molar-refractivity contribution is -0.127. The van der Waals surface area contributed by atoms with Crippen molar-refractivity contribution in [1.82, 2.24) is 10.6 Å². The minimum Gasteiger partial charge on any atom is -0.350 e. The summed E-state index contributed by atoms with van der Waals surface area (Å²) in [5, 5.41) is 4.89. The molecule has 2 atom stereocenters. The lowest BCUT2D eigenvalue weighted by Crippen LogP contribution is -2.57. The molecule has 1 aromatic rings. The number of nitrogens with two attached hydrogens (primary N) is 2. The van der Waals surface area contributed by atoms with E-state index in [9.17, 15) is 14.4 Å². The van der Waals surface area contributed by atoms with Crippen molar-refractivity contribution in [3.8, 4) is 0 Å². The van der Waals surface area contributed by atoms with Crippen LogP contribution in [0.1, 0.15) is 78.1 Å². The number of hydrogen-bond donors (Lipinski definition) is 4. The van der Waals surface area contributed by atoms with Crippen LogP contribution in [-0.2, 0) is 9.59 Å². The summed E-state index contributed by atoms with van der Waals surface area (Å²) in [7, 11) is -3.42. The third kappa shape index (κ3) is 7.45. The Morgan fingerprint density at radius 2 is 1.53 bits per heavy atom. The predicted molar refractivity (Wildman–Crippen MR) is 138 cm³/mol. The summed E-state index contributed by atoms with van der Waals surface area (Å²) in [4.78, 5) is 37.0. The van der Waals surface area contributed by atoms with Gasteiger partial charge in [-0.1, -0.05) is 60.1 Å². The molecule has 192 valence electrons. The van der Waals surface area contributed by atoms with E-state index in [4.69, 9.17) is 11.5 Å². The zero-order valence-corrected chi connectivity index (χ0v) is 22.8. The number of rotatable bonds is 11. The molecule has 6 N–H and O–H groups in total. The Bertz CT molecular complexity index is 833. The monoisotopic (exact) mass is 494 g/mol. The first-order chi connectivity index (χ1) is 15.6. The third-order valence-corrected chi connectivity index (χ3v) is 11.5. The van der Waals surface area contributed by atoms with Crippen molar-refractivity contribution >= 4 is 31.2 Å². The predicted octanol–water partition coefficient (Wildman–Crippen LogP) is 2.67. The van der Waals surface area contributed by atoms with E-state index in [-0.39, 0.29) is 12.3 Å². The van der Waals surface area contributed by atoms with Crippen LogP contribution in [0.25, 0.3) is 0 Å². The highest BCUT2D eigenvalue weighted by molar-refractivity contribution is 6.90. The molecule has 0 radical (unpaired) electrons. The van der Waals surface area contributed by atoms with Crippen LogP contribution in [0.5, 0.6) is 0 Å². The van der Waals surface area contributed by atoms with E-state index >= 15 is 4.11 Å². The molecule has 0 heterocycles. The molecule has 1 aromatic carbocycles. The molecule has 0 saturated heterocycles. The minimum absolute atomic E-state index is 0.0665. The van der Waals surface area contributed by atoms with E-state index in [1.807, 2.05) is 41.5 Å². The van der Waals surface area contributed by atoms with Gasteiger partial charge in [0, 0.05) is 12.1 Å². The topological polar surface area (TPSA) is 127 Å². The van der Waals surface area contributed by atoms with Gasteiger partial charge in [-0.25, -0.2) is 0 Å². The lowest BCUT2D eigenvalue weighted by Gasteiger charge is -2.44. The standard InChI is InChI=1S/C25H43FN4O3Si/c1-17(31)21(30-23(33)20(28)10-8-9-15-27)16-29-22(32)18-11-13-19(14-12-18)34(26,24(2,3)4)25(5,6)7/h11-14,20-21H,8-10,15-16,27-28H2,1-7H3,(H,29,32)(H,30,33)/t20-,21-/m1/s1. The second kappa shape index (κ2) is 12.0. The van der Waals surface area contributed by atoms with Gasteiger partial charge < -0.3 is 26.2 Å². The Labute approximate surface area is 204 Å². The molecule has 9 heteroatoms. The Morgan fingerprint density at radius 3 is 1.97 bits per heavy atom. The van der Waals surface area contributed by atoms with Gasteiger partial charge in [0.05, 0.1) is 6.04 Å². The molecule has 7 nitrogen and oxygen atoms in total. The van der Waals surface area contributed by atoms with E-state index in [2.05, 4.69) is 10.6 Å². The Hall–Kier alpha value is -2.10. The molecule has 0 saturated carbocycles. The zero-order valence-electron chi connectivity index (χ0n) is 21.8. The van der Waals surface area contributed by atoms with Crippen LogP contribution < -0.4 is 27.3 Å². The van der Waals surface area contributed by atoms with Crippen molar-refractivity contribution < 1.29 is 18.5 Å². The van der Waals surface area contributed by atoms with Crippen LogP contribution in [0.2, 0.25) is 10.1 Å². The molecule has 0 aliphatic heterocycles. The van der Waals surface area contributed by atoms with Gasteiger partial charge in [-0.2, -0.15) is 0 Å². The first-order valence-corrected chi connectivity index (χ1v) is 13.8. The highest BCUT2D eigenvalue weighted by Crippen LogP contribution is 2.51. The maximum absolute atomic E-state index is 16.4. The molecule has 1 rings (SSSR count). The summed E-state index contributed by atoms with van der Waals surface area (Å²) in [6.45, 7) is 13.3. The second-order valence-electron chi connectivity index (χ2n) is 11.0. The van der Waals surface area contributed by atoms with Crippen molar-refractivity contribution in [2.75, 3.05) is 13.1 Å². The fraction of sp³-hybridized carbons (Fsp3) is 0.640. The maximum Gasteiger partial charge on any atom is 0.288 e. The quantitative estimate of drug-likeness (QED) is 0.214. The van der Waals surface area contributed by atoms with Gasteiger partial charge in [-0.15, -0.1) is 0 Å². The molecule has 0 spiro atoms.